The molecule has 3 atom stereocenters. The molecule has 4 heteroatoms. The van der Waals surface area contributed by atoms with Crippen molar-refractivity contribution >= 4 is 5.91 Å². The van der Waals surface area contributed by atoms with Crippen molar-refractivity contribution in [1.82, 2.24) is 4.90 Å². The summed E-state index contributed by atoms with van der Waals surface area (Å²) in [5.74, 6) is 0.770. The summed E-state index contributed by atoms with van der Waals surface area (Å²) in [5.41, 5.74) is 0.0215. The fraction of sp³-hybridized carbons (Fsp3) is 0.833. The highest BCUT2D eigenvalue weighted by atomic mass is 16.5. The summed E-state index contributed by atoms with van der Waals surface area (Å²) in [6.45, 7) is 6.00. The molecule has 0 aromatic rings. The fourth-order valence-electron chi connectivity index (χ4n) is 4.24. The smallest absolute Gasteiger partial charge is 0.223 e. The average Bonchev–Trinajstić information content (AvgIpc) is 3.05. The quantitative estimate of drug-likeness (QED) is 0.733. The van der Waals surface area contributed by atoms with Crippen LogP contribution in [-0.4, -0.2) is 49.8 Å². The molecule has 2 aliphatic heterocycles. The van der Waals surface area contributed by atoms with Crippen molar-refractivity contribution in [3.8, 4) is 0 Å². The van der Waals surface area contributed by atoms with Crippen molar-refractivity contribution in [3.05, 3.63) is 12.2 Å². The molecule has 0 aromatic heterocycles. The highest BCUT2D eigenvalue weighted by Crippen LogP contribution is 2.40. The number of ether oxygens (including phenoxy) is 2. The molecule has 0 saturated carbocycles. The van der Waals surface area contributed by atoms with E-state index in [-0.39, 0.29) is 11.5 Å². The zero-order valence-corrected chi connectivity index (χ0v) is 13.8. The van der Waals surface area contributed by atoms with E-state index < -0.39 is 0 Å². The number of allylic oxidation sites excluding steroid dienone is 2. The summed E-state index contributed by atoms with van der Waals surface area (Å²) < 4.78 is 11.8. The lowest BCUT2D eigenvalue weighted by Crippen LogP contribution is -2.58. The Kier molecular flexibility index (Phi) is 5.19. The van der Waals surface area contributed by atoms with Gasteiger partial charge >= 0.3 is 0 Å². The molecular formula is C18H29NO3. The first kappa shape index (κ1) is 16.0. The minimum atomic E-state index is 0.0215. The van der Waals surface area contributed by atoms with Gasteiger partial charge in [0, 0.05) is 38.1 Å². The number of nitrogens with zero attached hydrogens (tertiary/aromatic N) is 1. The van der Waals surface area contributed by atoms with E-state index in [1.165, 1.54) is 0 Å². The van der Waals surface area contributed by atoms with Crippen molar-refractivity contribution in [2.75, 3.05) is 32.9 Å². The minimum Gasteiger partial charge on any atom is -0.381 e. The summed E-state index contributed by atoms with van der Waals surface area (Å²) in [4.78, 5) is 14.7. The van der Waals surface area contributed by atoms with E-state index in [1.54, 1.807) is 0 Å². The number of piperidine rings is 1. The van der Waals surface area contributed by atoms with E-state index in [2.05, 4.69) is 17.1 Å². The molecule has 0 radical (unpaired) electrons. The van der Waals surface area contributed by atoms with E-state index in [4.69, 9.17) is 9.47 Å². The molecule has 0 N–H and O–H groups in total. The van der Waals surface area contributed by atoms with Gasteiger partial charge in [-0.15, -0.1) is 0 Å². The van der Waals surface area contributed by atoms with Gasteiger partial charge in [-0.25, -0.2) is 0 Å². The number of rotatable bonds is 5. The van der Waals surface area contributed by atoms with E-state index in [0.717, 1.165) is 65.0 Å². The van der Waals surface area contributed by atoms with Crippen LogP contribution < -0.4 is 0 Å². The van der Waals surface area contributed by atoms with Crippen LogP contribution in [-0.2, 0) is 14.3 Å². The predicted octanol–water partition coefficient (Wildman–Crippen LogP) is 2.78. The highest BCUT2D eigenvalue weighted by molar-refractivity contribution is 5.77. The van der Waals surface area contributed by atoms with E-state index in [0.29, 0.717) is 18.2 Å². The zero-order valence-electron chi connectivity index (χ0n) is 13.8. The Labute approximate surface area is 133 Å². The van der Waals surface area contributed by atoms with Crippen LogP contribution in [0.4, 0.5) is 0 Å². The van der Waals surface area contributed by atoms with E-state index in [1.807, 2.05) is 6.92 Å². The molecule has 2 saturated heterocycles. The summed E-state index contributed by atoms with van der Waals surface area (Å²) in [6, 6.07) is 0. The second kappa shape index (κ2) is 7.14. The molecule has 1 amide bonds. The molecule has 2 fully saturated rings. The third kappa shape index (κ3) is 3.38. The third-order valence-electron chi connectivity index (χ3n) is 5.48. The molecule has 0 bridgehead atoms. The van der Waals surface area contributed by atoms with Gasteiger partial charge in [0.15, 0.2) is 0 Å². The lowest BCUT2D eigenvalue weighted by atomic mass is 9.73. The van der Waals surface area contributed by atoms with Gasteiger partial charge < -0.3 is 14.4 Å². The first-order chi connectivity index (χ1) is 10.7. The van der Waals surface area contributed by atoms with Gasteiger partial charge in [0.1, 0.15) is 0 Å². The topological polar surface area (TPSA) is 38.8 Å². The second-order valence-corrected chi connectivity index (χ2v) is 7.04. The predicted molar refractivity (Wildman–Crippen MR) is 85.6 cm³/mol. The average molecular weight is 307 g/mol. The van der Waals surface area contributed by atoms with Crippen LogP contribution in [0.3, 0.4) is 0 Å². The largest absolute Gasteiger partial charge is 0.381 e. The molecule has 1 aliphatic carbocycles. The Morgan fingerprint density at radius 3 is 3.14 bits per heavy atom. The van der Waals surface area contributed by atoms with Crippen molar-refractivity contribution in [2.24, 2.45) is 11.3 Å². The Bertz CT molecular complexity index is 423. The maximum Gasteiger partial charge on any atom is 0.223 e. The van der Waals surface area contributed by atoms with Gasteiger partial charge in [-0.1, -0.05) is 12.2 Å². The Balaban J connectivity index is 1.64. The SMILES string of the molecule is CCOC[C@]12CCCO[C@H]1CCN(C(=O)C[C@@H]1C=CCC1)C2. The molecular weight excluding hydrogens is 278 g/mol. The van der Waals surface area contributed by atoms with Crippen LogP contribution in [0.5, 0.6) is 0 Å². The van der Waals surface area contributed by atoms with E-state index in [9.17, 15) is 4.79 Å². The third-order valence-corrected chi connectivity index (χ3v) is 5.48. The number of hydrogen-bond donors (Lipinski definition) is 0. The van der Waals surface area contributed by atoms with Crippen LogP contribution in [0.25, 0.3) is 0 Å². The van der Waals surface area contributed by atoms with Gasteiger partial charge in [-0.2, -0.15) is 0 Å². The maximum atomic E-state index is 12.7. The number of amides is 1. The van der Waals surface area contributed by atoms with E-state index >= 15 is 0 Å². The summed E-state index contributed by atoms with van der Waals surface area (Å²) in [5, 5.41) is 0. The van der Waals surface area contributed by atoms with Crippen molar-refractivity contribution < 1.29 is 14.3 Å². The number of likely N-dealkylation sites (tertiary alicyclic amines) is 1. The molecule has 0 aromatic carbocycles. The fourth-order valence-corrected chi connectivity index (χ4v) is 4.24. The Hall–Kier alpha value is -0.870. The minimum absolute atomic E-state index is 0.0215. The number of carbonyl (C=O) groups is 1. The lowest BCUT2D eigenvalue weighted by molar-refractivity contribution is -0.164. The summed E-state index contributed by atoms with van der Waals surface area (Å²) >= 11 is 0. The standard InChI is InChI=1S/C18H29NO3/c1-2-21-14-18-9-5-11-22-16(18)8-10-19(13-18)17(20)12-15-6-3-4-7-15/h3,6,15-16H,2,4-5,7-14H2,1H3/t15-,16+,18-/m1/s1. The summed E-state index contributed by atoms with van der Waals surface area (Å²) in [7, 11) is 0. The second-order valence-electron chi connectivity index (χ2n) is 7.04. The Morgan fingerprint density at radius 2 is 2.36 bits per heavy atom. The molecule has 4 nitrogen and oxygen atoms in total. The van der Waals surface area contributed by atoms with Crippen molar-refractivity contribution in [1.29, 1.82) is 0 Å². The van der Waals surface area contributed by atoms with Crippen LogP contribution in [0, 0.1) is 11.3 Å². The van der Waals surface area contributed by atoms with Gasteiger partial charge in [-0.3, -0.25) is 4.79 Å². The molecule has 0 unspecified atom stereocenters. The van der Waals surface area contributed by atoms with Gasteiger partial charge in [0.25, 0.3) is 0 Å². The number of carbonyl (C=O) groups excluding carboxylic acids is 1. The van der Waals surface area contributed by atoms with Crippen LogP contribution in [0.2, 0.25) is 0 Å². The van der Waals surface area contributed by atoms with Crippen LogP contribution in [0.1, 0.15) is 45.4 Å². The monoisotopic (exact) mass is 307 g/mol. The Morgan fingerprint density at radius 1 is 1.45 bits per heavy atom. The zero-order chi connectivity index (χ0) is 15.4. The highest BCUT2D eigenvalue weighted by Gasteiger charge is 2.47. The van der Waals surface area contributed by atoms with Crippen LogP contribution >= 0.6 is 0 Å². The van der Waals surface area contributed by atoms with Crippen molar-refractivity contribution in [3.63, 3.8) is 0 Å². The van der Waals surface area contributed by atoms with Gasteiger partial charge in [0.2, 0.25) is 5.91 Å². The molecule has 2 heterocycles. The molecule has 22 heavy (non-hydrogen) atoms. The number of fused-ring (bicyclic) bond motifs is 1. The summed E-state index contributed by atoms with van der Waals surface area (Å²) in [6.07, 6.45) is 10.8. The number of hydrogen-bond acceptors (Lipinski definition) is 3. The first-order valence-corrected chi connectivity index (χ1v) is 8.87. The first-order valence-electron chi connectivity index (χ1n) is 8.87. The normalized spacial score (nSPS) is 34.7. The van der Waals surface area contributed by atoms with Gasteiger partial charge in [-0.05, 0) is 44.9 Å². The molecule has 0 spiro atoms. The van der Waals surface area contributed by atoms with Gasteiger partial charge in [0.05, 0.1) is 12.7 Å². The molecule has 3 aliphatic rings. The molecule has 3 rings (SSSR count). The van der Waals surface area contributed by atoms with Crippen molar-refractivity contribution in [2.45, 2.75) is 51.6 Å². The molecule has 124 valence electrons. The maximum absolute atomic E-state index is 12.7. The van der Waals surface area contributed by atoms with Crippen LogP contribution in [0.15, 0.2) is 12.2 Å². The lowest BCUT2D eigenvalue weighted by Gasteiger charge is -2.50.